The standard InChI is InChI=1S/C25H29N7O4/c1-28(2)12-13-29(3)20-16-22(36-5)17(14-21(20)32(34)35)15-23-26-11-10-24(27-23)31-19-9-7-6-8-18(19)30(4)25(31)33/h6-11,14,16H,12-13,15H2,1-5H3/i4D3. The molecule has 0 aliphatic heterocycles. The normalized spacial score (nSPS) is 12.9. The maximum Gasteiger partial charge on any atom is 0.334 e. The van der Waals surface area contributed by atoms with Crippen LogP contribution in [0.3, 0.4) is 0 Å². The van der Waals surface area contributed by atoms with E-state index in [9.17, 15) is 14.9 Å². The number of hydrogen-bond donors (Lipinski definition) is 0. The van der Waals surface area contributed by atoms with Crippen LogP contribution in [0.2, 0.25) is 0 Å². The molecule has 0 amide bonds. The molecule has 0 unspecified atom stereocenters. The van der Waals surface area contributed by atoms with Crippen molar-refractivity contribution in [2.75, 3.05) is 46.2 Å². The van der Waals surface area contributed by atoms with Crippen LogP contribution in [0.25, 0.3) is 16.9 Å². The van der Waals surface area contributed by atoms with Gasteiger partial charge in [-0.05, 0) is 32.3 Å². The number of benzene rings is 2. The van der Waals surface area contributed by atoms with E-state index in [4.69, 9.17) is 8.85 Å². The summed E-state index contributed by atoms with van der Waals surface area (Å²) in [5.41, 5.74) is 0.680. The summed E-state index contributed by atoms with van der Waals surface area (Å²) in [4.78, 5) is 37.3. The van der Waals surface area contributed by atoms with Crippen LogP contribution in [0.4, 0.5) is 11.4 Å². The quantitative estimate of drug-likeness (QED) is 0.258. The van der Waals surface area contributed by atoms with Gasteiger partial charge in [0, 0.05) is 61.5 Å². The molecule has 2 aromatic carbocycles. The predicted octanol–water partition coefficient (Wildman–Crippen LogP) is 2.62. The molecule has 0 spiro atoms. The molecule has 0 bridgehead atoms. The highest BCUT2D eigenvalue weighted by atomic mass is 16.6. The first kappa shape index (κ1) is 21.1. The van der Waals surface area contributed by atoms with Gasteiger partial charge in [0.25, 0.3) is 5.69 Å². The fraction of sp³-hybridized carbons (Fsp3) is 0.320. The third-order valence-electron chi connectivity index (χ3n) is 5.88. The molecule has 0 radical (unpaired) electrons. The van der Waals surface area contributed by atoms with Crippen molar-refractivity contribution in [1.29, 1.82) is 0 Å². The van der Waals surface area contributed by atoms with Crippen molar-refractivity contribution in [3.63, 3.8) is 0 Å². The number of aryl methyl sites for hydroxylation is 1. The Labute approximate surface area is 212 Å². The fourth-order valence-electron chi connectivity index (χ4n) is 3.99. The minimum Gasteiger partial charge on any atom is -0.496 e. The van der Waals surface area contributed by atoms with E-state index >= 15 is 0 Å². The summed E-state index contributed by atoms with van der Waals surface area (Å²) in [6, 6.07) is 11.1. The van der Waals surface area contributed by atoms with Gasteiger partial charge in [0.05, 0.1) is 23.1 Å². The molecule has 0 saturated heterocycles. The summed E-state index contributed by atoms with van der Waals surface area (Å²) in [6.45, 7) is -1.42. The van der Waals surface area contributed by atoms with Crippen molar-refractivity contribution in [3.8, 4) is 11.6 Å². The van der Waals surface area contributed by atoms with E-state index in [0.29, 0.717) is 35.6 Å². The molecule has 188 valence electrons. The third kappa shape index (κ3) is 4.78. The number of fused-ring (bicyclic) bond motifs is 1. The molecular formula is C25H29N7O4. The monoisotopic (exact) mass is 494 g/mol. The van der Waals surface area contributed by atoms with E-state index in [0.717, 1.165) is 4.57 Å². The van der Waals surface area contributed by atoms with Gasteiger partial charge < -0.3 is 14.5 Å². The van der Waals surface area contributed by atoms with Crippen LogP contribution in [-0.2, 0) is 13.4 Å². The number of hydrogen-bond acceptors (Lipinski definition) is 8. The van der Waals surface area contributed by atoms with Crippen LogP contribution in [0, 0.1) is 10.1 Å². The zero-order chi connectivity index (χ0) is 28.5. The molecule has 11 nitrogen and oxygen atoms in total. The van der Waals surface area contributed by atoms with Gasteiger partial charge >= 0.3 is 5.69 Å². The Hall–Kier alpha value is -4.25. The van der Waals surface area contributed by atoms with Crippen molar-refractivity contribution >= 4 is 22.4 Å². The smallest absolute Gasteiger partial charge is 0.334 e. The van der Waals surface area contributed by atoms with Gasteiger partial charge in [-0.2, -0.15) is 0 Å². The largest absolute Gasteiger partial charge is 0.496 e. The summed E-state index contributed by atoms with van der Waals surface area (Å²) >= 11 is 0. The first-order valence-corrected chi connectivity index (χ1v) is 11.2. The molecule has 2 heterocycles. The Kier molecular flexibility index (Phi) is 5.95. The van der Waals surface area contributed by atoms with Crippen molar-refractivity contribution < 1.29 is 13.8 Å². The Morgan fingerprint density at radius 2 is 1.89 bits per heavy atom. The molecule has 0 aliphatic rings. The number of anilines is 1. The van der Waals surface area contributed by atoms with E-state index in [-0.39, 0.29) is 29.3 Å². The Morgan fingerprint density at radius 1 is 1.14 bits per heavy atom. The van der Waals surface area contributed by atoms with Crippen LogP contribution in [0.5, 0.6) is 5.75 Å². The average molecular weight is 495 g/mol. The molecule has 0 saturated carbocycles. The number of nitro groups is 1. The second kappa shape index (κ2) is 10.2. The van der Waals surface area contributed by atoms with Crippen LogP contribution >= 0.6 is 0 Å². The van der Waals surface area contributed by atoms with Crippen molar-refractivity contribution in [2.45, 2.75) is 6.42 Å². The second-order valence-electron chi connectivity index (χ2n) is 8.58. The summed E-state index contributed by atoms with van der Waals surface area (Å²) in [6.07, 6.45) is 1.53. The van der Waals surface area contributed by atoms with E-state index in [2.05, 4.69) is 9.97 Å². The number of aromatic nitrogens is 4. The van der Waals surface area contributed by atoms with Gasteiger partial charge in [0.15, 0.2) is 0 Å². The molecule has 4 rings (SSSR count). The lowest BCUT2D eigenvalue weighted by molar-refractivity contribution is -0.384. The number of para-hydroxylation sites is 2. The zero-order valence-corrected chi connectivity index (χ0v) is 20.5. The first-order valence-electron chi connectivity index (χ1n) is 12.7. The van der Waals surface area contributed by atoms with E-state index in [1.807, 2.05) is 19.0 Å². The van der Waals surface area contributed by atoms with E-state index < -0.39 is 17.6 Å². The SMILES string of the molecule is [2H]C([2H])([2H])n1c(=O)n(-c2ccnc(Cc3cc([N+](=O)[O-])c(N(C)CCN(C)C)cc3OC)n2)c2ccccc21. The minimum atomic E-state index is -2.69. The molecule has 0 aliphatic carbocycles. The maximum absolute atomic E-state index is 13.2. The lowest BCUT2D eigenvalue weighted by Crippen LogP contribution is -2.29. The van der Waals surface area contributed by atoms with Gasteiger partial charge in [-0.3, -0.25) is 14.7 Å². The van der Waals surface area contributed by atoms with Gasteiger partial charge in [-0.25, -0.2) is 19.3 Å². The van der Waals surface area contributed by atoms with Gasteiger partial charge in [0.1, 0.15) is 23.1 Å². The highest BCUT2D eigenvalue weighted by molar-refractivity contribution is 5.77. The number of rotatable bonds is 9. The molecule has 0 fully saturated rings. The van der Waals surface area contributed by atoms with Gasteiger partial charge in [-0.15, -0.1) is 0 Å². The Morgan fingerprint density at radius 3 is 2.56 bits per heavy atom. The minimum absolute atomic E-state index is 0.0756. The van der Waals surface area contributed by atoms with Crippen LogP contribution < -0.4 is 15.3 Å². The predicted molar refractivity (Wildman–Crippen MR) is 138 cm³/mol. The number of imidazole rings is 1. The summed E-state index contributed by atoms with van der Waals surface area (Å²) < 4.78 is 31.0. The van der Waals surface area contributed by atoms with Gasteiger partial charge in [-0.1, -0.05) is 12.1 Å². The zero-order valence-electron chi connectivity index (χ0n) is 23.5. The Balaban J connectivity index is 1.77. The lowest BCUT2D eigenvalue weighted by atomic mass is 10.1. The number of nitro benzene ring substituents is 1. The first-order chi connectivity index (χ1) is 18.4. The molecule has 36 heavy (non-hydrogen) atoms. The fourth-order valence-corrected chi connectivity index (χ4v) is 3.99. The van der Waals surface area contributed by atoms with Gasteiger partial charge in [0.2, 0.25) is 0 Å². The van der Waals surface area contributed by atoms with Crippen LogP contribution in [0.15, 0.2) is 53.5 Å². The number of nitrogens with zero attached hydrogens (tertiary/aromatic N) is 7. The molecular weight excluding hydrogens is 462 g/mol. The van der Waals surface area contributed by atoms with E-state index in [1.165, 1.54) is 30.0 Å². The summed E-state index contributed by atoms with van der Waals surface area (Å²) in [5.74, 6) is 0.876. The number of ether oxygens (including phenoxy) is 1. The van der Waals surface area contributed by atoms with Crippen LogP contribution in [-0.4, -0.2) is 70.3 Å². The third-order valence-corrected chi connectivity index (χ3v) is 5.88. The molecule has 0 atom stereocenters. The topological polar surface area (TPSA) is 112 Å². The van der Waals surface area contributed by atoms with Crippen molar-refractivity contribution in [3.05, 3.63) is 80.6 Å². The second-order valence-corrected chi connectivity index (χ2v) is 8.58. The highest BCUT2D eigenvalue weighted by Gasteiger charge is 2.23. The summed E-state index contributed by atoms with van der Waals surface area (Å²) in [7, 11) is 7.11. The van der Waals surface area contributed by atoms with Crippen molar-refractivity contribution in [1.82, 2.24) is 24.0 Å². The van der Waals surface area contributed by atoms with Crippen molar-refractivity contribution in [2.24, 2.45) is 6.98 Å². The molecule has 2 aromatic heterocycles. The molecule has 4 aromatic rings. The molecule has 11 heteroatoms. The van der Waals surface area contributed by atoms with Crippen LogP contribution in [0.1, 0.15) is 15.5 Å². The molecule has 0 N–H and O–H groups in total. The summed E-state index contributed by atoms with van der Waals surface area (Å²) in [5, 5.41) is 12.0. The number of methoxy groups -OCH3 is 1. The number of likely N-dealkylation sites (N-methyl/N-ethyl adjacent to an activating group) is 2. The lowest BCUT2D eigenvalue weighted by Gasteiger charge is -2.22. The van der Waals surface area contributed by atoms with E-state index in [1.54, 1.807) is 42.3 Å². The Bertz CT molecular complexity index is 1580. The average Bonchev–Trinajstić information content (AvgIpc) is 3.19. The highest BCUT2D eigenvalue weighted by Crippen LogP contribution is 2.35. The maximum atomic E-state index is 13.2.